The predicted octanol–water partition coefficient (Wildman–Crippen LogP) is 3.20. The molecule has 0 atom stereocenters. The van der Waals surface area contributed by atoms with Crippen molar-refractivity contribution in [2.45, 2.75) is 13.1 Å². The topological polar surface area (TPSA) is 9.86 Å². The average molecular weight is 613 g/mol. The van der Waals surface area contributed by atoms with E-state index in [0.717, 1.165) is 0 Å². The maximum absolute atomic E-state index is 2.28. The first kappa shape index (κ1) is 30.2. The van der Waals surface area contributed by atoms with Crippen molar-refractivity contribution in [2.24, 2.45) is 14.1 Å². The van der Waals surface area contributed by atoms with Gasteiger partial charge in [0.05, 0.1) is 0 Å². The Morgan fingerprint density at radius 3 is 1.20 bits per heavy atom. The molecule has 40 heavy (non-hydrogen) atoms. The van der Waals surface area contributed by atoms with Crippen LogP contribution in [0.15, 0.2) is 109 Å². The molecule has 0 bridgehead atoms. The molecule has 200 valence electrons. The number of benzene rings is 4. The zero-order valence-electron chi connectivity index (χ0n) is 23.0. The molecule has 0 N–H and O–H groups in total. The largest absolute Gasteiger partial charge is 1.00 e. The summed E-state index contributed by atoms with van der Waals surface area (Å²) < 4.78 is 4.56. The molecule has 0 radical (unpaired) electrons. The molecule has 2 nitrogen and oxygen atoms in total. The van der Waals surface area contributed by atoms with Crippen molar-refractivity contribution >= 4 is 71.3 Å². The Bertz CT molecular complexity index is 1960. The Balaban J connectivity index is 0.000000157. The van der Waals surface area contributed by atoms with Crippen LogP contribution < -0.4 is 24.8 Å². The van der Waals surface area contributed by atoms with Crippen molar-refractivity contribution in [3.8, 4) is 0 Å². The summed E-state index contributed by atoms with van der Waals surface area (Å²) in [5.74, 6) is 0. The summed E-state index contributed by atoms with van der Waals surface area (Å²) in [4.78, 5) is 0. The van der Waals surface area contributed by atoms with Gasteiger partial charge in [0.25, 0.3) is 0 Å². The van der Waals surface area contributed by atoms with Crippen LogP contribution in [0.1, 0.15) is 0 Å². The minimum absolute atomic E-state index is 0. The summed E-state index contributed by atoms with van der Waals surface area (Å²) in [6.45, 7) is 4.54. The van der Waals surface area contributed by atoms with Crippen molar-refractivity contribution in [2.75, 3.05) is 0 Å². The van der Waals surface area contributed by atoms with E-state index in [1.54, 1.807) is 0 Å². The standard InChI is InChI=1S/2C16H12N.C2H6Si.2ClH.Ti/c2*1-17-14-9-5-4-8-13(14)16-12-7-3-2-6-11(12)10-15(16)17;1-3-2;;;/h2*2-10H,1H3;1-2H3;2*1H;/q2*-1;;;;+2/p-2. The van der Waals surface area contributed by atoms with Gasteiger partial charge in [-0.3, -0.25) is 0 Å². The van der Waals surface area contributed by atoms with Crippen LogP contribution in [0, 0.1) is 0 Å². The SMILES string of the molecule is C[Si](C)=[Ti+2].Cn1c2ccccc2c2c3ccccc3[cH-]c21.Cn1c2ccccc2c2c3ccccc3[cH-]c21.[Cl-].[Cl-]. The fourth-order valence-electron chi connectivity index (χ4n) is 5.73. The average Bonchev–Trinajstić information content (AvgIpc) is 3.64. The normalized spacial score (nSPS) is 10.8. The van der Waals surface area contributed by atoms with Crippen LogP contribution in [0.3, 0.4) is 0 Å². The Morgan fingerprint density at radius 2 is 0.825 bits per heavy atom. The van der Waals surface area contributed by atoms with Gasteiger partial charge in [-0.05, 0) is 33.9 Å². The van der Waals surface area contributed by atoms with Gasteiger partial charge in [0.2, 0.25) is 0 Å². The number of hydrogen-bond donors (Lipinski definition) is 0. The summed E-state index contributed by atoms with van der Waals surface area (Å²) in [7, 11) is 4.28. The molecule has 0 aliphatic carbocycles. The second-order valence-corrected chi connectivity index (χ2v) is 16.8. The maximum Gasteiger partial charge on any atom is 0.0373 e. The van der Waals surface area contributed by atoms with Crippen LogP contribution in [0.4, 0.5) is 0 Å². The Hall–Kier alpha value is -2.79. The van der Waals surface area contributed by atoms with E-state index in [-0.39, 0.29) is 31.0 Å². The molecule has 0 amide bonds. The number of hydrogen-bond acceptors (Lipinski definition) is 0. The zero-order valence-corrected chi connectivity index (χ0v) is 27.1. The molecule has 0 saturated carbocycles. The van der Waals surface area contributed by atoms with E-state index in [4.69, 9.17) is 0 Å². The van der Waals surface area contributed by atoms with Gasteiger partial charge in [0.15, 0.2) is 0 Å². The van der Waals surface area contributed by atoms with Crippen LogP contribution in [-0.2, 0) is 33.3 Å². The predicted molar refractivity (Wildman–Crippen MR) is 165 cm³/mol. The van der Waals surface area contributed by atoms with Gasteiger partial charge in [-0.2, -0.15) is 0 Å². The minimum Gasteiger partial charge on any atom is -1.00 e. The van der Waals surface area contributed by atoms with Gasteiger partial charge in [0.1, 0.15) is 0 Å². The van der Waals surface area contributed by atoms with Crippen molar-refractivity contribution in [1.29, 1.82) is 0 Å². The van der Waals surface area contributed by atoms with E-state index in [0.29, 0.717) is 0 Å². The quantitative estimate of drug-likeness (QED) is 0.184. The first-order valence-electron chi connectivity index (χ1n) is 13.0. The van der Waals surface area contributed by atoms with Crippen molar-refractivity contribution in [1.82, 2.24) is 9.13 Å². The van der Waals surface area contributed by atoms with Gasteiger partial charge in [-0.1, -0.05) is 59.3 Å². The molecule has 8 rings (SSSR count). The second kappa shape index (κ2) is 12.4. The molecule has 6 aromatic carbocycles. The van der Waals surface area contributed by atoms with Gasteiger partial charge < -0.3 is 33.9 Å². The smallest absolute Gasteiger partial charge is 0.0373 e. The second-order valence-electron chi connectivity index (χ2n) is 10.1. The van der Waals surface area contributed by atoms with Crippen LogP contribution in [0.25, 0.3) is 65.2 Å². The van der Waals surface area contributed by atoms with E-state index >= 15 is 0 Å². The number of aromatic nitrogens is 2. The van der Waals surface area contributed by atoms with Crippen LogP contribution in [0.2, 0.25) is 13.1 Å². The van der Waals surface area contributed by atoms with Crippen molar-refractivity contribution in [3.63, 3.8) is 0 Å². The third-order valence-corrected chi connectivity index (χ3v) is 7.35. The third kappa shape index (κ3) is 5.18. The number of fused-ring (bicyclic) bond motifs is 10. The molecule has 0 saturated heterocycles. The Morgan fingerprint density at radius 1 is 0.525 bits per heavy atom. The summed E-state index contributed by atoms with van der Waals surface area (Å²) in [6.07, 6.45) is 0.120. The molecule has 0 aliphatic heterocycles. The van der Waals surface area contributed by atoms with E-state index in [9.17, 15) is 0 Å². The summed E-state index contributed by atoms with van der Waals surface area (Å²) in [6, 6.07) is 39.0. The summed E-state index contributed by atoms with van der Waals surface area (Å²) in [5.41, 5.74) is 5.27. The van der Waals surface area contributed by atoms with Crippen molar-refractivity contribution < 1.29 is 44.0 Å². The van der Waals surface area contributed by atoms with Crippen LogP contribution in [-0.4, -0.2) is 15.3 Å². The molecular weight excluding hydrogens is 583 g/mol. The fraction of sp³-hybridized carbons (Fsp3) is 0.118. The summed E-state index contributed by atoms with van der Waals surface area (Å²) >= 11 is 2.27. The van der Waals surface area contributed by atoms with Crippen LogP contribution >= 0.6 is 0 Å². The van der Waals surface area contributed by atoms with E-state index < -0.39 is 0 Å². The molecule has 8 aromatic rings. The van der Waals surface area contributed by atoms with Gasteiger partial charge >= 0.3 is 38.5 Å². The number of nitrogens with zero attached hydrogens (tertiary/aromatic N) is 2. The molecule has 6 heteroatoms. The molecule has 0 fully saturated rings. The first-order valence-corrected chi connectivity index (χ1v) is 17.8. The number of halogens is 2. The molecule has 0 unspecified atom stereocenters. The molecule has 2 heterocycles. The van der Waals surface area contributed by atoms with Crippen LogP contribution in [0.5, 0.6) is 0 Å². The number of para-hydroxylation sites is 2. The maximum atomic E-state index is 2.28. The van der Waals surface area contributed by atoms with Gasteiger partial charge in [0, 0.05) is 25.1 Å². The Labute approximate surface area is 259 Å². The minimum atomic E-state index is 0. The third-order valence-electron chi connectivity index (χ3n) is 7.35. The zero-order chi connectivity index (χ0) is 26.4. The molecule has 2 aromatic heterocycles. The number of rotatable bonds is 0. The van der Waals surface area contributed by atoms with E-state index in [2.05, 4.69) is 165 Å². The Kier molecular flexibility index (Phi) is 9.34. The van der Waals surface area contributed by atoms with Crippen molar-refractivity contribution in [3.05, 3.63) is 109 Å². The first-order chi connectivity index (χ1) is 18.5. The molecular formula is C34H30Cl2N2SiTi-2. The van der Waals surface area contributed by atoms with E-state index in [1.165, 1.54) is 65.2 Å². The monoisotopic (exact) mass is 612 g/mol. The van der Waals surface area contributed by atoms with Gasteiger partial charge in [-0.25, -0.2) is 0 Å². The molecule has 0 aliphatic rings. The number of aryl methyl sites for hydroxylation is 2. The summed E-state index contributed by atoms with van der Waals surface area (Å²) in [5, 5.41) is 10.9. The van der Waals surface area contributed by atoms with E-state index in [1.807, 2.05) is 0 Å². The molecule has 0 spiro atoms. The van der Waals surface area contributed by atoms with Gasteiger partial charge in [-0.15, -0.1) is 70.1 Å². The fourth-order valence-corrected chi connectivity index (χ4v) is 5.73.